The first-order valence-corrected chi connectivity index (χ1v) is 14.9. The molecule has 0 saturated heterocycles. The van der Waals surface area contributed by atoms with Crippen molar-refractivity contribution in [1.29, 1.82) is 0 Å². The lowest BCUT2D eigenvalue weighted by atomic mass is 10.2. The molecule has 1 N–H and O–H groups in total. The predicted molar refractivity (Wildman–Crippen MR) is 117 cm³/mol. The van der Waals surface area contributed by atoms with Crippen LogP contribution in [0, 0.1) is 0 Å². The van der Waals surface area contributed by atoms with Crippen molar-refractivity contribution in [1.82, 2.24) is 19.7 Å². The van der Waals surface area contributed by atoms with E-state index in [0.717, 1.165) is 28.8 Å². The Balaban J connectivity index is 1.93. The Morgan fingerprint density at radius 2 is 2.07 bits per heavy atom. The molecular formula is C18H32N4O2S2Si. The molecule has 0 bridgehead atoms. The van der Waals surface area contributed by atoms with Crippen LogP contribution in [0.25, 0.3) is 11.3 Å². The van der Waals surface area contributed by atoms with Crippen molar-refractivity contribution < 1.29 is 8.95 Å². The van der Waals surface area contributed by atoms with Crippen LogP contribution in [0.15, 0.2) is 17.6 Å². The summed E-state index contributed by atoms with van der Waals surface area (Å²) in [7, 11) is -2.18. The van der Waals surface area contributed by atoms with E-state index in [2.05, 4.69) is 46.0 Å². The number of hydrogen-bond acceptors (Lipinski definition) is 5. The molecule has 0 radical (unpaired) electrons. The maximum atomic E-state index is 12.3. The van der Waals surface area contributed by atoms with Gasteiger partial charge in [0, 0.05) is 30.5 Å². The van der Waals surface area contributed by atoms with Gasteiger partial charge in [0.25, 0.3) is 0 Å². The number of rotatable bonds is 9. The minimum absolute atomic E-state index is 0.0174. The van der Waals surface area contributed by atoms with Gasteiger partial charge in [-0.15, -0.1) is 11.3 Å². The topological polar surface area (TPSA) is 69.0 Å². The molecule has 2 atom stereocenters. The van der Waals surface area contributed by atoms with Gasteiger partial charge in [-0.2, -0.15) is 15.0 Å². The van der Waals surface area contributed by atoms with E-state index in [1.165, 1.54) is 0 Å². The van der Waals surface area contributed by atoms with Gasteiger partial charge in [-0.3, -0.25) is 0 Å². The van der Waals surface area contributed by atoms with Crippen LogP contribution in [0.2, 0.25) is 25.7 Å². The summed E-state index contributed by atoms with van der Waals surface area (Å²) in [6.45, 7) is 16.1. The second-order valence-electron chi connectivity index (χ2n) is 8.91. The molecule has 0 aromatic carbocycles. The van der Waals surface area contributed by atoms with E-state index < -0.39 is 19.1 Å². The molecule has 0 spiro atoms. The van der Waals surface area contributed by atoms with E-state index in [-0.39, 0.29) is 10.8 Å². The van der Waals surface area contributed by atoms with Gasteiger partial charge in [0.2, 0.25) is 0 Å². The van der Waals surface area contributed by atoms with Crippen LogP contribution in [0.4, 0.5) is 0 Å². The Bertz CT molecular complexity index is 762. The molecule has 0 aliphatic rings. The summed E-state index contributed by atoms with van der Waals surface area (Å²) in [5, 5.41) is 10.9. The van der Waals surface area contributed by atoms with Crippen LogP contribution in [-0.4, -0.2) is 38.6 Å². The fourth-order valence-electron chi connectivity index (χ4n) is 2.13. The molecule has 0 fully saturated rings. The van der Waals surface area contributed by atoms with E-state index in [9.17, 15) is 4.21 Å². The first kappa shape index (κ1) is 22.4. The third-order valence-electron chi connectivity index (χ3n) is 3.92. The van der Waals surface area contributed by atoms with Crippen LogP contribution in [0.1, 0.15) is 38.6 Å². The monoisotopic (exact) mass is 428 g/mol. The molecular weight excluding hydrogens is 396 g/mol. The Kier molecular flexibility index (Phi) is 7.54. The highest BCUT2D eigenvalue weighted by Gasteiger charge is 2.22. The van der Waals surface area contributed by atoms with E-state index in [1.54, 1.807) is 22.3 Å². The van der Waals surface area contributed by atoms with Crippen molar-refractivity contribution in [2.24, 2.45) is 0 Å². The third-order valence-corrected chi connectivity index (χ3v) is 8.42. The van der Waals surface area contributed by atoms with Crippen molar-refractivity contribution in [2.75, 3.05) is 6.61 Å². The van der Waals surface area contributed by atoms with Gasteiger partial charge >= 0.3 is 0 Å². The van der Waals surface area contributed by atoms with Crippen molar-refractivity contribution in [3.8, 4) is 11.3 Å². The van der Waals surface area contributed by atoms with E-state index >= 15 is 0 Å². The second kappa shape index (κ2) is 9.08. The van der Waals surface area contributed by atoms with Gasteiger partial charge in [0.05, 0.1) is 28.0 Å². The number of nitrogens with zero attached hydrogens (tertiary/aromatic N) is 3. The lowest BCUT2D eigenvalue weighted by Gasteiger charge is -2.21. The largest absolute Gasteiger partial charge is 0.358 e. The van der Waals surface area contributed by atoms with Gasteiger partial charge in [-0.25, -0.2) is 8.93 Å². The molecule has 2 aromatic heterocycles. The first-order chi connectivity index (χ1) is 12.5. The number of ether oxygens (including phenoxy) is 1. The maximum absolute atomic E-state index is 12.3. The summed E-state index contributed by atoms with van der Waals surface area (Å²) < 4.78 is 20.9. The molecule has 27 heavy (non-hydrogen) atoms. The van der Waals surface area contributed by atoms with Crippen LogP contribution in [0.3, 0.4) is 0 Å². The second-order valence-corrected chi connectivity index (χ2v) is 17.5. The quantitative estimate of drug-likeness (QED) is 0.474. The van der Waals surface area contributed by atoms with Crippen LogP contribution in [0.5, 0.6) is 0 Å². The van der Waals surface area contributed by atoms with Crippen LogP contribution in [-0.2, 0) is 22.5 Å². The smallest absolute Gasteiger partial charge is 0.158 e. The van der Waals surface area contributed by atoms with Crippen molar-refractivity contribution >= 4 is 30.4 Å². The summed E-state index contributed by atoms with van der Waals surface area (Å²) >= 11 is 1.64. The zero-order valence-electron chi connectivity index (χ0n) is 17.4. The fraction of sp³-hybridized carbons (Fsp3) is 0.667. The van der Waals surface area contributed by atoms with Crippen molar-refractivity contribution in [2.45, 2.75) is 70.9 Å². The minimum atomic E-state index is -1.10. The van der Waals surface area contributed by atoms with Crippen molar-refractivity contribution in [3.05, 3.63) is 22.5 Å². The number of thiophene rings is 1. The number of hydrogen-bond donors (Lipinski definition) is 1. The minimum Gasteiger partial charge on any atom is -0.358 e. The molecule has 1 unspecified atom stereocenters. The summed E-state index contributed by atoms with van der Waals surface area (Å²) in [6, 6.07) is 3.24. The molecule has 0 aliphatic carbocycles. The first-order valence-electron chi connectivity index (χ1n) is 9.20. The number of aromatic nitrogens is 3. The van der Waals surface area contributed by atoms with Gasteiger partial charge in [0.1, 0.15) is 5.69 Å². The molecule has 2 rings (SSSR count). The van der Waals surface area contributed by atoms with Crippen LogP contribution >= 0.6 is 11.3 Å². The average molecular weight is 429 g/mol. The zero-order chi connectivity index (χ0) is 20.2. The fourth-order valence-corrected chi connectivity index (χ4v) is 4.67. The summed E-state index contributed by atoms with van der Waals surface area (Å²) in [5.74, 6) is 0. The predicted octanol–water partition coefficient (Wildman–Crippen LogP) is 4.43. The Hall–Kier alpha value is -0.873. The standard InChI is InChI=1S/C18H32N4O2S2Si/c1-14(21-26(23)18(2,3)4)17-10-15(12-25-17)16-11-19-22(20-16)13-24-8-9-27(5,6)7/h10-12,14,21H,8-9,13H2,1-7H3/t14-,26?/m1/s1. The Morgan fingerprint density at radius 3 is 2.70 bits per heavy atom. The van der Waals surface area contributed by atoms with Crippen LogP contribution < -0.4 is 4.72 Å². The normalized spacial score (nSPS) is 15.1. The molecule has 9 heteroatoms. The van der Waals surface area contributed by atoms with Gasteiger partial charge in [0.15, 0.2) is 6.73 Å². The lowest BCUT2D eigenvalue weighted by molar-refractivity contribution is 0.0686. The highest BCUT2D eigenvalue weighted by Crippen LogP contribution is 2.28. The summed E-state index contributed by atoms with van der Waals surface area (Å²) in [5.41, 5.74) is 1.86. The Morgan fingerprint density at radius 1 is 1.37 bits per heavy atom. The number of nitrogens with one attached hydrogen (secondary N) is 1. The van der Waals surface area contributed by atoms with E-state index in [1.807, 2.05) is 27.7 Å². The summed E-state index contributed by atoms with van der Waals surface area (Å²) in [6.07, 6.45) is 1.76. The molecule has 0 amide bonds. The third kappa shape index (κ3) is 7.23. The summed E-state index contributed by atoms with van der Waals surface area (Å²) in [4.78, 5) is 2.72. The van der Waals surface area contributed by atoms with E-state index in [4.69, 9.17) is 4.74 Å². The van der Waals surface area contributed by atoms with Gasteiger partial charge < -0.3 is 4.74 Å². The Labute approximate surface area is 170 Å². The molecule has 0 saturated carbocycles. The molecule has 152 valence electrons. The van der Waals surface area contributed by atoms with Gasteiger partial charge in [-0.05, 0) is 39.8 Å². The highest BCUT2D eigenvalue weighted by atomic mass is 32.2. The van der Waals surface area contributed by atoms with Gasteiger partial charge in [-0.1, -0.05) is 19.6 Å². The molecule has 6 nitrogen and oxygen atoms in total. The maximum Gasteiger partial charge on any atom is 0.158 e. The van der Waals surface area contributed by atoms with Crippen molar-refractivity contribution in [3.63, 3.8) is 0 Å². The SMILES string of the molecule is C[C@@H](NS(=O)C(C)(C)C)c1cc(-c2cnn(COCC[Si](C)(C)C)n2)cs1. The lowest BCUT2D eigenvalue weighted by Crippen LogP contribution is -2.34. The average Bonchev–Trinajstić information content (AvgIpc) is 3.18. The molecule has 2 aromatic rings. The van der Waals surface area contributed by atoms with E-state index in [0.29, 0.717) is 6.73 Å². The highest BCUT2D eigenvalue weighted by molar-refractivity contribution is 7.84. The zero-order valence-corrected chi connectivity index (χ0v) is 20.0. The molecule has 2 heterocycles. The molecule has 0 aliphatic heterocycles.